The van der Waals surface area contributed by atoms with Gasteiger partial charge in [0.1, 0.15) is 11.1 Å². The number of aliphatic carboxylic acids is 2. The van der Waals surface area contributed by atoms with Gasteiger partial charge in [-0.2, -0.15) is 0 Å². The van der Waals surface area contributed by atoms with Crippen LogP contribution in [0.4, 0.5) is 0 Å². The van der Waals surface area contributed by atoms with Crippen molar-refractivity contribution in [3.63, 3.8) is 0 Å². The first-order valence-electron chi connectivity index (χ1n) is 17.6. The van der Waals surface area contributed by atoms with E-state index in [1.165, 1.54) is 0 Å². The molecular weight excluding hydrogens is 856 g/mol. The average molecular weight is 883 g/mol. The van der Waals surface area contributed by atoms with Gasteiger partial charge in [-0.3, -0.25) is 9.59 Å². The Kier molecular flexibility index (Phi) is 9.96. The molecule has 4 aromatic carbocycles. The molecule has 3 aromatic heterocycles. The van der Waals surface area contributed by atoms with Crippen molar-refractivity contribution >= 4 is 90.9 Å². The van der Waals surface area contributed by atoms with Gasteiger partial charge in [0.05, 0.1) is 46.2 Å². The van der Waals surface area contributed by atoms with Crippen LogP contribution in [0.3, 0.4) is 0 Å². The number of benzene rings is 4. The second kappa shape index (κ2) is 14.7. The summed E-state index contributed by atoms with van der Waals surface area (Å²) in [5.41, 5.74) is 4.57. The normalized spacial score (nSPS) is 12.1. The van der Waals surface area contributed by atoms with Crippen molar-refractivity contribution in [2.75, 3.05) is 0 Å². The predicted octanol–water partition coefficient (Wildman–Crippen LogP) is 9.08. The number of fused-ring (bicyclic) bond motifs is 20. The second-order valence-electron chi connectivity index (χ2n) is 14.5. The number of nitrogens with zero attached hydrogens (tertiary/aromatic N) is 8. The minimum atomic E-state index is -1.35. The number of halogens is 3. The van der Waals surface area contributed by atoms with Gasteiger partial charge in [-0.05, 0) is 27.8 Å². The van der Waals surface area contributed by atoms with E-state index in [1.54, 1.807) is 0 Å². The van der Waals surface area contributed by atoms with Gasteiger partial charge in [0.25, 0.3) is 0 Å². The Balaban J connectivity index is 0.00000469. The van der Waals surface area contributed by atoms with E-state index in [9.17, 15) is 19.8 Å². The summed E-state index contributed by atoms with van der Waals surface area (Å²) >= 11 is 20.8. The van der Waals surface area contributed by atoms with Crippen LogP contribution in [0.2, 0.25) is 15.1 Å². The Morgan fingerprint density at radius 3 is 1.52 bits per heavy atom. The van der Waals surface area contributed by atoms with Gasteiger partial charge in [0, 0.05) is 55.6 Å². The van der Waals surface area contributed by atoms with E-state index in [2.05, 4.69) is 32.9 Å². The molecule has 284 valence electrons. The molecule has 7 aromatic rings. The molecule has 0 saturated heterocycles. The van der Waals surface area contributed by atoms with Crippen LogP contribution >= 0.6 is 34.8 Å². The molecule has 9 rings (SSSR count). The van der Waals surface area contributed by atoms with Crippen molar-refractivity contribution in [1.29, 1.82) is 0 Å². The van der Waals surface area contributed by atoms with E-state index in [0.717, 1.165) is 16.3 Å². The van der Waals surface area contributed by atoms with Crippen molar-refractivity contribution in [2.24, 2.45) is 0 Å². The molecule has 0 spiro atoms. The number of carboxylic acids is 2. The fourth-order valence-corrected chi connectivity index (χ4v) is 7.82. The SMILES string of the molecule is CC(C)(C)c1ccc2c3nc4nc(nc5[n-]c(nc6nc(nc([n-]3)c2c1)-c1ccccc1-6)c1c(Cl)c(OC(CC(=O)O)CC(=O)O)c(Cl)c(Cl)c51)-c1ccccc1-4.[Zn+2]. The van der Waals surface area contributed by atoms with Crippen molar-refractivity contribution in [3.05, 3.63) is 87.4 Å². The third-order valence-corrected chi connectivity index (χ3v) is 10.9. The number of carboxylic acid groups (broad SMARTS) is 2. The number of aromatic nitrogens is 8. The number of carbonyl (C=O) groups is 2. The molecule has 0 radical (unpaired) electrons. The fourth-order valence-electron chi connectivity index (χ4n) is 6.96. The molecule has 17 heteroatoms. The Bertz CT molecular complexity index is 3060. The third-order valence-electron chi connectivity index (χ3n) is 9.70. The summed E-state index contributed by atoms with van der Waals surface area (Å²) in [6.07, 6.45) is -2.66. The fraction of sp³-hybridized carbons (Fsp3) is 0.171. The quantitative estimate of drug-likeness (QED) is 0.119. The molecule has 0 saturated carbocycles. The van der Waals surface area contributed by atoms with E-state index >= 15 is 0 Å². The summed E-state index contributed by atoms with van der Waals surface area (Å²) in [6, 6.07) is 21.1. The van der Waals surface area contributed by atoms with E-state index < -0.39 is 30.9 Å². The van der Waals surface area contributed by atoms with E-state index in [0.29, 0.717) is 45.2 Å². The third kappa shape index (κ3) is 6.73. The number of rotatable bonds is 6. The number of ether oxygens (including phenoxy) is 1. The van der Waals surface area contributed by atoms with E-state index in [-0.39, 0.29) is 79.4 Å². The summed E-state index contributed by atoms with van der Waals surface area (Å²) in [5.74, 6) is -1.59. The molecule has 0 atom stereocenters. The van der Waals surface area contributed by atoms with Crippen molar-refractivity contribution in [2.45, 2.75) is 45.1 Å². The Morgan fingerprint density at radius 1 is 0.621 bits per heavy atom. The molecule has 2 aliphatic heterocycles. The molecule has 2 N–H and O–H groups in total. The molecule has 0 fully saturated rings. The van der Waals surface area contributed by atoms with Crippen LogP contribution in [0.5, 0.6) is 5.75 Å². The second-order valence-corrected chi connectivity index (χ2v) is 15.7. The van der Waals surface area contributed by atoms with Gasteiger partial charge in [0.15, 0.2) is 5.75 Å². The van der Waals surface area contributed by atoms with Crippen LogP contribution < -0.4 is 14.7 Å². The molecule has 8 bridgehead atoms. The van der Waals surface area contributed by atoms with Crippen molar-refractivity contribution < 1.29 is 44.0 Å². The van der Waals surface area contributed by atoms with Gasteiger partial charge in [-0.1, -0.05) is 116 Å². The first kappa shape index (κ1) is 39.3. The molecule has 5 heterocycles. The zero-order chi connectivity index (χ0) is 39.9. The standard InChI is InChI=1S/C41H29Cl3N8O5.Zn/c1-41(2,3)17-12-13-23-24(14-17)38-48-34-20-9-5-7-11-22(20)36(46-34)51-40-28-27(29(42)31(44)32(30(28)43)57-18(15-25(53)54)16-26(55)56)39(52-40)50-35-21-10-6-4-8-19(21)33(45-35)47-37(23)49-38;/h4-14,18H,15-16H2,1-3H3,(H4,45,46,47,48,49,50,51,52,53,54,55,56);/q;+2/p-2. The largest absolute Gasteiger partial charge is 2.00 e. The summed E-state index contributed by atoms with van der Waals surface area (Å²) in [4.78, 5) is 62.7. The van der Waals surface area contributed by atoms with Crippen LogP contribution in [0.25, 0.3) is 89.7 Å². The number of hydrogen-bond donors (Lipinski definition) is 2. The molecule has 0 unspecified atom stereocenters. The molecule has 13 nitrogen and oxygen atoms in total. The van der Waals surface area contributed by atoms with Gasteiger partial charge in [-0.25, -0.2) is 9.97 Å². The molecule has 2 aliphatic rings. The minimum absolute atomic E-state index is 0. The molecule has 0 amide bonds. The van der Waals surface area contributed by atoms with Crippen LogP contribution in [0, 0.1) is 0 Å². The predicted molar refractivity (Wildman–Crippen MR) is 217 cm³/mol. The Morgan fingerprint density at radius 2 is 1.05 bits per heavy atom. The van der Waals surface area contributed by atoms with Gasteiger partial charge in [-0.15, -0.1) is 0 Å². The summed E-state index contributed by atoms with van der Waals surface area (Å²) < 4.78 is 5.91. The first-order chi connectivity index (χ1) is 27.2. The maximum absolute atomic E-state index is 11.7. The topological polar surface area (TPSA) is 189 Å². The number of hydrogen-bond acceptors (Lipinski definition) is 9. The zero-order valence-corrected chi connectivity index (χ0v) is 36.1. The van der Waals surface area contributed by atoms with E-state index in [1.807, 2.05) is 54.6 Å². The van der Waals surface area contributed by atoms with Crippen molar-refractivity contribution in [3.8, 4) is 51.3 Å². The Hall–Kier alpha value is -5.53. The van der Waals surface area contributed by atoms with Crippen LogP contribution in [-0.4, -0.2) is 58.2 Å². The van der Waals surface area contributed by atoms with E-state index in [4.69, 9.17) is 79.4 Å². The summed E-state index contributed by atoms with van der Waals surface area (Å²) in [5, 5.41) is 20.5. The summed E-state index contributed by atoms with van der Waals surface area (Å²) in [7, 11) is 0. The average Bonchev–Trinajstić information content (AvgIpc) is 3.90. The van der Waals surface area contributed by atoms with Gasteiger partial charge >= 0.3 is 31.4 Å². The van der Waals surface area contributed by atoms with Gasteiger partial charge < -0.3 is 44.9 Å². The monoisotopic (exact) mass is 880 g/mol. The smallest absolute Gasteiger partial charge is 0.486 e. The van der Waals surface area contributed by atoms with Crippen LogP contribution in [-0.2, 0) is 34.5 Å². The zero-order valence-electron chi connectivity index (χ0n) is 30.9. The maximum Gasteiger partial charge on any atom is 2.00 e. The Labute approximate surface area is 356 Å². The molecular formula is C41H27Cl3N8O5Zn. The maximum atomic E-state index is 11.7. The minimum Gasteiger partial charge on any atom is -0.486 e. The molecule has 0 aliphatic carbocycles. The summed E-state index contributed by atoms with van der Waals surface area (Å²) in [6.45, 7) is 6.41. The van der Waals surface area contributed by atoms with Crippen molar-refractivity contribution in [1.82, 2.24) is 39.9 Å². The van der Waals surface area contributed by atoms with Gasteiger partial charge in [0.2, 0.25) is 0 Å². The first-order valence-corrected chi connectivity index (χ1v) is 18.7. The van der Waals surface area contributed by atoms with Crippen LogP contribution in [0.15, 0.2) is 66.7 Å². The van der Waals surface area contributed by atoms with Crippen LogP contribution in [0.1, 0.15) is 39.2 Å². The molecule has 58 heavy (non-hydrogen) atoms.